The molecule has 0 heterocycles. The summed E-state index contributed by atoms with van der Waals surface area (Å²) in [7, 11) is 0. The number of hydrogen-bond donors (Lipinski definition) is 0. The lowest BCUT2D eigenvalue weighted by Crippen LogP contribution is -2.35. The predicted molar refractivity (Wildman–Crippen MR) is 84.6 cm³/mol. The molecule has 8 unspecified atom stereocenters. The molecule has 2 bridgehead atoms. The second-order valence-electron chi connectivity index (χ2n) is 7.80. The van der Waals surface area contributed by atoms with Crippen LogP contribution in [0.15, 0.2) is 12.7 Å². The normalized spacial score (nSPS) is 45.4. The van der Waals surface area contributed by atoms with E-state index in [9.17, 15) is 4.79 Å². The van der Waals surface area contributed by atoms with Gasteiger partial charge >= 0.3 is 5.97 Å². The van der Waals surface area contributed by atoms with Crippen LogP contribution in [-0.4, -0.2) is 12.1 Å². The molecule has 3 aliphatic carbocycles. The molecule has 21 heavy (non-hydrogen) atoms. The van der Waals surface area contributed by atoms with E-state index < -0.39 is 0 Å². The van der Waals surface area contributed by atoms with Crippen molar-refractivity contribution < 1.29 is 9.53 Å². The summed E-state index contributed by atoms with van der Waals surface area (Å²) in [5, 5.41) is 0. The van der Waals surface area contributed by atoms with E-state index in [1.807, 2.05) is 6.92 Å². The topological polar surface area (TPSA) is 26.3 Å². The zero-order valence-corrected chi connectivity index (χ0v) is 13.8. The Morgan fingerprint density at radius 3 is 2.76 bits per heavy atom. The molecular formula is C19H30O2. The molecule has 0 spiro atoms. The summed E-state index contributed by atoms with van der Waals surface area (Å²) in [6, 6.07) is 0. The average molecular weight is 290 g/mol. The van der Waals surface area contributed by atoms with Gasteiger partial charge in [0.05, 0.1) is 5.92 Å². The van der Waals surface area contributed by atoms with Crippen LogP contribution in [0.3, 0.4) is 0 Å². The first-order valence-electron chi connectivity index (χ1n) is 8.89. The Balaban J connectivity index is 1.72. The Hall–Kier alpha value is -0.790. The van der Waals surface area contributed by atoms with Crippen molar-refractivity contribution in [2.24, 2.45) is 41.4 Å². The number of fused-ring (bicyclic) bond motifs is 5. The van der Waals surface area contributed by atoms with Crippen LogP contribution in [0.25, 0.3) is 0 Å². The highest BCUT2D eigenvalue weighted by molar-refractivity contribution is 5.74. The van der Waals surface area contributed by atoms with Crippen LogP contribution in [0.2, 0.25) is 0 Å². The van der Waals surface area contributed by atoms with Gasteiger partial charge in [-0.15, -0.1) is 0 Å². The maximum absolute atomic E-state index is 12.5. The van der Waals surface area contributed by atoms with Crippen molar-refractivity contribution in [3.8, 4) is 0 Å². The molecule has 0 N–H and O–H groups in total. The summed E-state index contributed by atoms with van der Waals surface area (Å²) in [6.07, 6.45) is 7.94. The van der Waals surface area contributed by atoms with Gasteiger partial charge in [-0.3, -0.25) is 4.79 Å². The Bertz CT molecular complexity index is 416. The van der Waals surface area contributed by atoms with Crippen LogP contribution in [-0.2, 0) is 9.53 Å². The van der Waals surface area contributed by atoms with E-state index in [4.69, 9.17) is 4.74 Å². The molecule has 3 rings (SSSR count). The molecule has 8 atom stereocenters. The third-order valence-corrected chi connectivity index (χ3v) is 6.60. The van der Waals surface area contributed by atoms with Gasteiger partial charge in [0, 0.05) is 0 Å². The van der Waals surface area contributed by atoms with Gasteiger partial charge in [0.1, 0.15) is 6.10 Å². The maximum atomic E-state index is 12.5. The van der Waals surface area contributed by atoms with E-state index >= 15 is 0 Å². The lowest BCUT2D eigenvalue weighted by Gasteiger charge is -2.34. The van der Waals surface area contributed by atoms with Crippen molar-refractivity contribution in [1.29, 1.82) is 0 Å². The number of carbonyl (C=O) groups is 1. The standard InChI is InChI=1S/C19H30O2/c1-5-7-13-8-11(3)17-14-9-15(18(13)17)16(10-14)19(20)21-12(4)6-2/h6,11-18H,2,5,7-10H2,1,3-4H3. The molecule has 0 aliphatic heterocycles. The minimum absolute atomic E-state index is 0.0446. The zero-order valence-electron chi connectivity index (χ0n) is 13.8. The van der Waals surface area contributed by atoms with Gasteiger partial charge in [0.25, 0.3) is 0 Å². The van der Waals surface area contributed by atoms with E-state index in [0.29, 0.717) is 5.92 Å². The van der Waals surface area contributed by atoms with Gasteiger partial charge in [-0.25, -0.2) is 0 Å². The van der Waals surface area contributed by atoms with E-state index in [2.05, 4.69) is 20.4 Å². The third-order valence-electron chi connectivity index (χ3n) is 6.60. The minimum Gasteiger partial charge on any atom is -0.458 e. The van der Waals surface area contributed by atoms with Crippen molar-refractivity contribution in [2.45, 2.75) is 59.0 Å². The maximum Gasteiger partial charge on any atom is 0.309 e. The average Bonchev–Trinajstić information content (AvgIpc) is 3.11. The molecule has 0 saturated heterocycles. The van der Waals surface area contributed by atoms with E-state index in [1.165, 1.54) is 25.7 Å². The zero-order chi connectivity index (χ0) is 15.1. The fourth-order valence-electron chi connectivity index (χ4n) is 6.02. The lowest BCUT2D eigenvalue weighted by atomic mass is 9.71. The second kappa shape index (κ2) is 5.78. The Morgan fingerprint density at radius 2 is 2.10 bits per heavy atom. The number of carbonyl (C=O) groups excluding carboxylic acids is 1. The summed E-state index contributed by atoms with van der Waals surface area (Å²) in [4.78, 5) is 12.5. The van der Waals surface area contributed by atoms with E-state index in [0.717, 1.165) is 36.0 Å². The molecule has 0 amide bonds. The number of rotatable bonds is 5. The molecule has 2 nitrogen and oxygen atoms in total. The van der Waals surface area contributed by atoms with E-state index in [-0.39, 0.29) is 18.0 Å². The van der Waals surface area contributed by atoms with Gasteiger partial charge in [0.15, 0.2) is 0 Å². The van der Waals surface area contributed by atoms with Crippen LogP contribution < -0.4 is 0 Å². The molecule has 118 valence electrons. The number of hydrogen-bond acceptors (Lipinski definition) is 2. The van der Waals surface area contributed by atoms with Gasteiger partial charge in [-0.2, -0.15) is 0 Å². The van der Waals surface area contributed by atoms with Crippen LogP contribution >= 0.6 is 0 Å². The highest BCUT2D eigenvalue weighted by Crippen LogP contribution is 2.65. The summed E-state index contributed by atoms with van der Waals surface area (Å²) in [5.74, 6) is 5.02. The van der Waals surface area contributed by atoms with Crippen LogP contribution in [0, 0.1) is 41.4 Å². The summed E-state index contributed by atoms with van der Waals surface area (Å²) >= 11 is 0. The van der Waals surface area contributed by atoms with Crippen molar-refractivity contribution in [2.75, 3.05) is 0 Å². The molecule has 0 aromatic heterocycles. The Kier molecular flexibility index (Phi) is 4.16. The van der Waals surface area contributed by atoms with Gasteiger partial charge in [-0.05, 0) is 61.7 Å². The van der Waals surface area contributed by atoms with E-state index in [1.54, 1.807) is 6.08 Å². The summed E-state index contributed by atoms with van der Waals surface area (Å²) in [5.41, 5.74) is 0. The smallest absolute Gasteiger partial charge is 0.309 e. The molecule has 3 fully saturated rings. The lowest BCUT2D eigenvalue weighted by molar-refractivity contribution is -0.154. The third kappa shape index (κ3) is 2.45. The first kappa shape index (κ1) is 15.1. The highest BCUT2D eigenvalue weighted by atomic mass is 16.5. The first-order chi connectivity index (χ1) is 10.1. The molecule has 0 radical (unpaired) electrons. The number of ether oxygens (including phenoxy) is 1. The van der Waals surface area contributed by atoms with Crippen LogP contribution in [0.5, 0.6) is 0 Å². The van der Waals surface area contributed by atoms with Gasteiger partial charge in [-0.1, -0.05) is 39.3 Å². The monoisotopic (exact) mass is 290 g/mol. The largest absolute Gasteiger partial charge is 0.458 e. The SMILES string of the molecule is C=CC(C)OC(=O)C1CC2CC1C1C(CCC)CC(C)C21. The quantitative estimate of drug-likeness (QED) is 0.552. The Labute approximate surface area is 129 Å². The predicted octanol–water partition coefficient (Wildman–Crippen LogP) is 4.45. The fourth-order valence-corrected chi connectivity index (χ4v) is 6.02. The van der Waals surface area contributed by atoms with Gasteiger partial charge < -0.3 is 4.74 Å². The number of esters is 1. The minimum atomic E-state index is -0.152. The van der Waals surface area contributed by atoms with Crippen LogP contribution in [0.1, 0.15) is 52.9 Å². The first-order valence-corrected chi connectivity index (χ1v) is 8.89. The summed E-state index contributed by atoms with van der Waals surface area (Å²) < 4.78 is 5.55. The van der Waals surface area contributed by atoms with Crippen molar-refractivity contribution in [3.63, 3.8) is 0 Å². The van der Waals surface area contributed by atoms with Crippen molar-refractivity contribution in [3.05, 3.63) is 12.7 Å². The summed E-state index contributed by atoms with van der Waals surface area (Å²) in [6.45, 7) is 10.4. The molecule has 3 aliphatic rings. The highest BCUT2D eigenvalue weighted by Gasteiger charge is 2.60. The molecule has 3 saturated carbocycles. The van der Waals surface area contributed by atoms with Crippen molar-refractivity contribution in [1.82, 2.24) is 0 Å². The van der Waals surface area contributed by atoms with Crippen LogP contribution in [0.4, 0.5) is 0 Å². The van der Waals surface area contributed by atoms with Gasteiger partial charge in [0.2, 0.25) is 0 Å². The fraction of sp³-hybridized carbons (Fsp3) is 0.842. The molecule has 0 aromatic carbocycles. The molecular weight excluding hydrogens is 260 g/mol. The molecule has 2 heteroatoms. The molecule has 0 aromatic rings. The Morgan fingerprint density at radius 1 is 1.33 bits per heavy atom. The van der Waals surface area contributed by atoms with Crippen molar-refractivity contribution >= 4 is 5.97 Å². The second-order valence-corrected chi connectivity index (χ2v) is 7.80.